The predicted octanol–water partition coefficient (Wildman–Crippen LogP) is 4.53. The summed E-state index contributed by atoms with van der Waals surface area (Å²) < 4.78 is 13.1. The zero-order chi connectivity index (χ0) is 18.4. The number of nitrogens with zero attached hydrogens (tertiary/aromatic N) is 2. The fourth-order valence-electron chi connectivity index (χ4n) is 2.57. The molecule has 0 saturated heterocycles. The van der Waals surface area contributed by atoms with E-state index < -0.39 is 0 Å². The van der Waals surface area contributed by atoms with Gasteiger partial charge in [-0.15, -0.1) is 0 Å². The molecule has 0 aliphatic heterocycles. The number of ketones is 1. The van der Waals surface area contributed by atoms with Gasteiger partial charge < -0.3 is 9.15 Å². The Hall–Kier alpha value is -3.08. The van der Waals surface area contributed by atoms with Crippen LogP contribution in [0.5, 0.6) is 5.75 Å². The molecular formula is C21H22N2O3. The molecule has 0 N–H and O–H groups in total. The number of furan rings is 1. The smallest absolute Gasteiger partial charge is 0.203 e. The highest BCUT2D eigenvalue weighted by molar-refractivity contribution is 6.05. The molecule has 26 heavy (non-hydrogen) atoms. The van der Waals surface area contributed by atoms with Gasteiger partial charge in [0.15, 0.2) is 0 Å². The molecule has 0 spiro atoms. The third-order valence-electron chi connectivity index (χ3n) is 4.06. The fraction of sp³-hybridized carbons (Fsp3) is 0.238. The van der Waals surface area contributed by atoms with Gasteiger partial charge in [-0.25, -0.2) is 0 Å². The first kappa shape index (κ1) is 17.7. The molecule has 134 valence electrons. The van der Waals surface area contributed by atoms with Gasteiger partial charge >= 0.3 is 0 Å². The number of aromatic nitrogens is 2. The maximum absolute atomic E-state index is 12.2. The van der Waals surface area contributed by atoms with E-state index in [0.29, 0.717) is 30.4 Å². The third kappa shape index (κ3) is 4.30. The molecule has 5 nitrogen and oxygen atoms in total. The van der Waals surface area contributed by atoms with Crippen molar-refractivity contribution in [3.05, 3.63) is 77.5 Å². The fourth-order valence-corrected chi connectivity index (χ4v) is 2.57. The largest absolute Gasteiger partial charge is 0.486 e. The highest BCUT2D eigenvalue weighted by Gasteiger charge is 2.08. The molecule has 0 aliphatic rings. The summed E-state index contributed by atoms with van der Waals surface area (Å²) in [5, 5.41) is 4.10. The Balaban J connectivity index is 1.58. The minimum atomic E-state index is -0.102. The molecule has 5 heteroatoms. The molecule has 0 unspecified atom stereocenters. The topological polar surface area (TPSA) is 57.3 Å². The van der Waals surface area contributed by atoms with Crippen LogP contribution in [0, 0.1) is 0 Å². The summed E-state index contributed by atoms with van der Waals surface area (Å²) >= 11 is 0. The zero-order valence-corrected chi connectivity index (χ0v) is 15.0. The highest BCUT2D eigenvalue weighted by Crippen LogP contribution is 2.16. The lowest BCUT2D eigenvalue weighted by molar-refractivity contribution is 0.103. The van der Waals surface area contributed by atoms with Crippen LogP contribution in [0.1, 0.15) is 41.4 Å². The van der Waals surface area contributed by atoms with Crippen LogP contribution in [0.25, 0.3) is 6.08 Å². The molecule has 0 aliphatic carbocycles. The SMILES string of the molecule is CCc1ccc(OCc2ccc(/C=C/C(=O)c3ccnn3CC)o2)cc1. The minimum absolute atomic E-state index is 0.102. The molecule has 0 amide bonds. The van der Waals surface area contributed by atoms with Crippen molar-refractivity contribution in [3.8, 4) is 5.75 Å². The second-order valence-corrected chi connectivity index (χ2v) is 5.82. The molecule has 3 aromatic rings. The third-order valence-corrected chi connectivity index (χ3v) is 4.06. The summed E-state index contributed by atoms with van der Waals surface area (Å²) in [6, 6.07) is 13.4. The Labute approximate surface area is 152 Å². The van der Waals surface area contributed by atoms with Crippen molar-refractivity contribution in [2.45, 2.75) is 33.4 Å². The second kappa shape index (κ2) is 8.34. The summed E-state index contributed by atoms with van der Waals surface area (Å²) in [4.78, 5) is 12.2. The number of benzene rings is 1. The van der Waals surface area contributed by atoms with Gasteiger partial charge in [-0.2, -0.15) is 5.10 Å². The average molecular weight is 350 g/mol. The van der Waals surface area contributed by atoms with E-state index in [0.717, 1.165) is 12.2 Å². The summed E-state index contributed by atoms with van der Waals surface area (Å²) in [7, 11) is 0. The molecule has 0 radical (unpaired) electrons. The van der Waals surface area contributed by atoms with E-state index in [9.17, 15) is 4.79 Å². The quantitative estimate of drug-likeness (QED) is 0.442. The van der Waals surface area contributed by atoms with Crippen molar-refractivity contribution in [1.29, 1.82) is 0 Å². The molecular weight excluding hydrogens is 328 g/mol. The molecule has 1 aromatic carbocycles. The summed E-state index contributed by atoms with van der Waals surface area (Å²) in [5.41, 5.74) is 1.84. The molecule has 2 heterocycles. The lowest BCUT2D eigenvalue weighted by Crippen LogP contribution is -2.07. The first-order chi connectivity index (χ1) is 12.7. The van der Waals surface area contributed by atoms with Crippen molar-refractivity contribution >= 4 is 11.9 Å². The highest BCUT2D eigenvalue weighted by atomic mass is 16.5. The maximum Gasteiger partial charge on any atom is 0.203 e. The van der Waals surface area contributed by atoms with Crippen molar-refractivity contribution in [2.24, 2.45) is 0 Å². The Bertz CT molecular complexity index is 888. The Morgan fingerprint density at radius 2 is 1.96 bits per heavy atom. The van der Waals surface area contributed by atoms with Crippen LogP contribution in [-0.4, -0.2) is 15.6 Å². The number of carbonyl (C=O) groups excluding carboxylic acids is 1. The van der Waals surface area contributed by atoms with E-state index in [1.807, 2.05) is 31.2 Å². The average Bonchev–Trinajstić information content (AvgIpc) is 3.34. The van der Waals surface area contributed by atoms with E-state index in [1.54, 1.807) is 23.0 Å². The minimum Gasteiger partial charge on any atom is -0.486 e. The van der Waals surface area contributed by atoms with Crippen LogP contribution in [0.3, 0.4) is 0 Å². The normalized spacial score (nSPS) is 11.2. The van der Waals surface area contributed by atoms with Gasteiger partial charge in [0.05, 0.1) is 0 Å². The van der Waals surface area contributed by atoms with Gasteiger partial charge in [0.25, 0.3) is 0 Å². The predicted molar refractivity (Wildman–Crippen MR) is 100 cm³/mol. The first-order valence-electron chi connectivity index (χ1n) is 8.74. The Morgan fingerprint density at radius 3 is 2.69 bits per heavy atom. The molecule has 0 atom stereocenters. The number of hydrogen-bond acceptors (Lipinski definition) is 4. The van der Waals surface area contributed by atoms with Crippen molar-refractivity contribution in [2.75, 3.05) is 0 Å². The molecule has 3 rings (SSSR count). The number of allylic oxidation sites excluding steroid dienone is 1. The van der Waals surface area contributed by atoms with E-state index >= 15 is 0 Å². The maximum atomic E-state index is 12.2. The van der Waals surface area contributed by atoms with Crippen LogP contribution in [0.2, 0.25) is 0 Å². The van der Waals surface area contributed by atoms with Crippen LogP contribution >= 0.6 is 0 Å². The first-order valence-corrected chi connectivity index (χ1v) is 8.74. The summed E-state index contributed by atoms with van der Waals surface area (Å²) in [6.45, 7) is 5.07. The van der Waals surface area contributed by atoms with Gasteiger partial charge in [0, 0.05) is 12.7 Å². The second-order valence-electron chi connectivity index (χ2n) is 5.82. The lowest BCUT2D eigenvalue weighted by Gasteiger charge is -2.04. The number of ether oxygens (including phenoxy) is 1. The summed E-state index contributed by atoms with van der Waals surface area (Å²) in [6.07, 6.45) is 5.79. The van der Waals surface area contributed by atoms with Crippen LogP contribution in [0.4, 0.5) is 0 Å². The van der Waals surface area contributed by atoms with E-state index in [2.05, 4.69) is 24.2 Å². The van der Waals surface area contributed by atoms with Crippen LogP contribution < -0.4 is 4.74 Å². The van der Waals surface area contributed by atoms with Crippen molar-refractivity contribution in [3.63, 3.8) is 0 Å². The van der Waals surface area contributed by atoms with E-state index in [-0.39, 0.29) is 5.78 Å². The van der Waals surface area contributed by atoms with Crippen LogP contribution in [-0.2, 0) is 19.6 Å². The number of carbonyl (C=O) groups is 1. The van der Waals surface area contributed by atoms with Crippen molar-refractivity contribution < 1.29 is 13.9 Å². The summed E-state index contributed by atoms with van der Waals surface area (Å²) in [5.74, 6) is 2.02. The zero-order valence-electron chi connectivity index (χ0n) is 15.0. The van der Waals surface area contributed by atoms with Gasteiger partial charge in [-0.05, 0) is 61.4 Å². The van der Waals surface area contributed by atoms with E-state index in [1.165, 1.54) is 11.6 Å². The van der Waals surface area contributed by atoms with Gasteiger partial charge in [-0.1, -0.05) is 19.1 Å². The van der Waals surface area contributed by atoms with Gasteiger partial charge in [0.2, 0.25) is 5.78 Å². The lowest BCUT2D eigenvalue weighted by atomic mass is 10.2. The molecule has 0 bridgehead atoms. The van der Waals surface area contributed by atoms with Gasteiger partial charge in [0.1, 0.15) is 29.6 Å². The van der Waals surface area contributed by atoms with E-state index in [4.69, 9.17) is 9.15 Å². The Kier molecular flexibility index (Phi) is 5.69. The Morgan fingerprint density at radius 1 is 1.15 bits per heavy atom. The molecule has 0 saturated carbocycles. The number of hydrogen-bond donors (Lipinski definition) is 0. The standard InChI is InChI=1S/C21H22N2O3/c1-3-16-5-7-17(8-6-16)25-15-19-10-9-18(26-19)11-12-21(24)20-13-14-22-23(20)4-2/h5-14H,3-4,15H2,1-2H3/b12-11+. The van der Waals surface area contributed by atoms with Crippen LogP contribution in [0.15, 0.2) is 59.2 Å². The van der Waals surface area contributed by atoms with Gasteiger partial charge in [-0.3, -0.25) is 9.48 Å². The molecule has 0 fully saturated rings. The monoisotopic (exact) mass is 350 g/mol. The number of rotatable bonds is 8. The number of aryl methyl sites for hydroxylation is 2. The van der Waals surface area contributed by atoms with Crippen molar-refractivity contribution in [1.82, 2.24) is 9.78 Å². The molecule has 2 aromatic heterocycles.